The Morgan fingerprint density at radius 1 is 1.11 bits per heavy atom. The molecule has 3 nitrogen and oxygen atoms in total. The Morgan fingerprint density at radius 3 is 2.17 bits per heavy atom. The van der Waals surface area contributed by atoms with Gasteiger partial charge >= 0.3 is 0 Å². The van der Waals surface area contributed by atoms with Crippen LogP contribution in [0.25, 0.3) is 0 Å². The van der Waals surface area contributed by atoms with E-state index >= 15 is 0 Å². The molecule has 4 atom stereocenters. The van der Waals surface area contributed by atoms with E-state index in [1.54, 1.807) is 0 Å². The first-order chi connectivity index (χ1) is 8.23. The molecule has 2 aliphatic rings. The predicted molar refractivity (Wildman–Crippen MR) is 73.1 cm³/mol. The van der Waals surface area contributed by atoms with Gasteiger partial charge in [0.1, 0.15) is 0 Å². The maximum atomic E-state index is 11.9. The lowest BCUT2D eigenvalue weighted by molar-refractivity contribution is -0.0401. The molecule has 2 saturated carbocycles. The molecule has 0 bridgehead atoms. The monoisotopic (exact) mass is 274 g/mol. The van der Waals surface area contributed by atoms with Gasteiger partial charge in [-0.3, -0.25) is 0 Å². The van der Waals surface area contributed by atoms with Crippen LogP contribution >= 0.6 is 0 Å². The van der Waals surface area contributed by atoms with E-state index in [1.807, 2.05) is 0 Å². The molecule has 4 unspecified atom stereocenters. The van der Waals surface area contributed by atoms with Gasteiger partial charge < -0.3 is 5.11 Å². The van der Waals surface area contributed by atoms with Crippen LogP contribution in [0.15, 0.2) is 0 Å². The van der Waals surface area contributed by atoms with Crippen LogP contribution in [0.1, 0.15) is 52.4 Å². The largest absolute Gasteiger partial charge is 0.388 e. The Balaban J connectivity index is 2.24. The molecule has 106 valence electrons. The first kappa shape index (κ1) is 14.3. The predicted octanol–water partition coefficient (Wildman–Crippen LogP) is 2.39. The van der Waals surface area contributed by atoms with Crippen molar-refractivity contribution in [3.63, 3.8) is 0 Å². The summed E-state index contributed by atoms with van der Waals surface area (Å²) in [6.45, 7) is 4.44. The Labute approximate surface area is 111 Å². The Bertz CT molecular complexity index is 393. The second-order valence-electron chi connectivity index (χ2n) is 6.82. The van der Waals surface area contributed by atoms with Gasteiger partial charge in [0.15, 0.2) is 9.84 Å². The van der Waals surface area contributed by atoms with Gasteiger partial charge in [0.25, 0.3) is 0 Å². The first-order valence-electron chi connectivity index (χ1n) is 7.14. The fourth-order valence-corrected chi connectivity index (χ4v) is 6.04. The van der Waals surface area contributed by atoms with E-state index in [0.29, 0.717) is 24.7 Å². The average Bonchev–Trinajstić information content (AvgIpc) is 2.59. The van der Waals surface area contributed by atoms with Crippen LogP contribution in [0.5, 0.6) is 0 Å². The molecule has 4 heteroatoms. The van der Waals surface area contributed by atoms with E-state index in [2.05, 4.69) is 13.8 Å². The maximum Gasteiger partial charge on any atom is 0.153 e. The lowest BCUT2D eigenvalue weighted by Crippen LogP contribution is -2.50. The zero-order valence-corrected chi connectivity index (χ0v) is 12.5. The van der Waals surface area contributed by atoms with Crippen LogP contribution in [0, 0.1) is 17.8 Å². The summed E-state index contributed by atoms with van der Waals surface area (Å²) in [5.41, 5.74) is -0.962. The Morgan fingerprint density at radius 2 is 1.67 bits per heavy atom. The second kappa shape index (κ2) is 4.78. The molecular weight excluding hydrogens is 248 g/mol. The number of rotatable bonds is 2. The van der Waals surface area contributed by atoms with Crippen molar-refractivity contribution in [1.29, 1.82) is 0 Å². The standard InChI is InChI=1S/C14H26O3S/c1-10-7-11(2)9-12(8-10)14(15)6-4-5-13(14)18(3,16)17/h10-13,15H,4-9H2,1-3H3. The van der Waals surface area contributed by atoms with Crippen molar-refractivity contribution in [2.45, 2.75) is 63.2 Å². The van der Waals surface area contributed by atoms with Crippen molar-refractivity contribution in [2.24, 2.45) is 17.8 Å². The molecule has 0 saturated heterocycles. The number of hydrogen-bond donors (Lipinski definition) is 1. The molecule has 2 rings (SSSR count). The molecule has 2 aliphatic carbocycles. The fourth-order valence-electron chi connectivity index (χ4n) is 4.39. The summed E-state index contributed by atoms with van der Waals surface area (Å²) in [5, 5.41) is 10.4. The van der Waals surface area contributed by atoms with Gasteiger partial charge in [0.2, 0.25) is 0 Å². The van der Waals surface area contributed by atoms with Gasteiger partial charge in [-0.25, -0.2) is 8.42 Å². The summed E-state index contributed by atoms with van der Waals surface area (Å²) in [5.74, 6) is 1.37. The summed E-state index contributed by atoms with van der Waals surface area (Å²) < 4.78 is 23.8. The Kier molecular flexibility index (Phi) is 3.81. The van der Waals surface area contributed by atoms with Gasteiger partial charge in [0, 0.05) is 6.26 Å². The zero-order chi connectivity index (χ0) is 13.6. The van der Waals surface area contributed by atoms with E-state index in [4.69, 9.17) is 0 Å². The molecular formula is C14H26O3S. The summed E-state index contributed by atoms with van der Waals surface area (Å²) in [6, 6.07) is 0. The van der Waals surface area contributed by atoms with E-state index in [0.717, 1.165) is 19.3 Å². The van der Waals surface area contributed by atoms with Crippen LogP contribution in [0.4, 0.5) is 0 Å². The minimum Gasteiger partial charge on any atom is -0.388 e. The SMILES string of the molecule is CC1CC(C)CC(C2(O)CCCC2S(C)(=O)=O)C1. The maximum absolute atomic E-state index is 11.9. The third-order valence-electron chi connectivity index (χ3n) is 5.00. The quantitative estimate of drug-likeness (QED) is 0.841. The average molecular weight is 274 g/mol. The molecule has 18 heavy (non-hydrogen) atoms. The molecule has 0 aromatic heterocycles. The smallest absolute Gasteiger partial charge is 0.153 e. The topological polar surface area (TPSA) is 54.4 Å². The van der Waals surface area contributed by atoms with Gasteiger partial charge in [-0.05, 0) is 56.3 Å². The van der Waals surface area contributed by atoms with Crippen LogP contribution in [0.2, 0.25) is 0 Å². The molecule has 0 amide bonds. The molecule has 0 heterocycles. The van der Waals surface area contributed by atoms with Gasteiger partial charge in [0.05, 0.1) is 10.9 Å². The molecule has 0 aromatic rings. The van der Waals surface area contributed by atoms with Crippen LogP contribution in [-0.4, -0.2) is 30.6 Å². The highest BCUT2D eigenvalue weighted by Gasteiger charge is 2.52. The third-order valence-corrected chi connectivity index (χ3v) is 6.68. The van der Waals surface area contributed by atoms with Crippen molar-refractivity contribution >= 4 is 9.84 Å². The minimum atomic E-state index is -3.14. The van der Waals surface area contributed by atoms with Gasteiger partial charge in [-0.2, -0.15) is 0 Å². The summed E-state index contributed by atoms with van der Waals surface area (Å²) >= 11 is 0. The third kappa shape index (κ3) is 2.60. The zero-order valence-electron chi connectivity index (χ0n) is 11.7. The van der Waals surface area contributed by atoms with Crippen molar-refractivity contribution in [3.05, 3.63) is 0 Å². The summed E-state index contributed by atoms with van der Waals surface area (Å²) in [4.78, 5) is 0. The molecule has 1 N–H and O–H groups in total. The van der Waals surface area contributed by atoms with Crippen molar-refractivity contribution < 1.29 is 13.5 Å². The molecule has 2 fully saturated rings. The molecule has 0 radical (unpaired) electrons. The van der Waals surface area contributed by atoms with Crippen molar-refractivity contribution in [2.75, 3.05) is 6.26 Å². The lowest BCUT2D eigenvalue weighted by atomic mass is 9.69. The van der Waals surface area contributed by atoms with Gasteiger partial charge in [-0.15, -0.1) is 0 Å². The van der Waals surface area contributed by atoms with E-state index in [1.165, 1.54) is 12.7 Å². The normalized spacial score (nSPS) is 46.2. The molecule has 0 spiro atoms. The summed E-state index contributed by atoms with van der Waals surface area (Å²) in [6.07, 6.45) is 6.58. The highest BCUT2D eigenvalue weighted by Crippen LogP contribution is 2.47. The number of sulfone groups is 1. The van der Waals surface area contributed by atoms with Crippen LogP contribution in [0.3, 0.4) is 0 Å². The molecule has 0 aromatic carbocycles. The second-order valence-corrected chi connectivity index (χ2v) is 9.04. The lowest BCUT2D eigenvalue weighted by Gasteiger charge is -2.43. The highest BCUT2D eigenvalue weighted by molar-refractivity contribution is 7.91. The van der Waals surface area contributed by atoms with Crippen LogP contribution < -0.4 is 0 Å². The van der Waals surface area contributed by atoms with E-state index in [-0.39, 0.29) is 5.92 Å². The first-order valence-corrected chi connectivity index (χ1v) is 9.10. The van der Waals surface area contributed by atoms with Crippen LogP contribution in [-0.2, 0) is 9.84 Å². The van der Waals surface area contributed by atoms with E-state index < -0.39 is 20.7 Å². The van der Waals surface area contributed by atoms with Gasteiger partial charge in [-0.1, -0.05) is 13.8 Å². The summed E-state index contributed by atoms with van der Waals surface area (Å²) in [7, 11) is -3.14. The van der Waals surface area contributed by atoms with Crippen molar-refractivity contribution in [3.8, 4) is 0 Å². The number of hydrogen-bond acceptors (Lipinski definition) is 3. The highest BCUT2D eigenvalue weighted by atomic mass is 32.2. The van der Waals surface area contributed by atoms with Crippen molar-refractivity contribution in [1.82, 2.24) is 0 Å². The number of aliphatic hydroxyl groups is 1. The minimum absolute atomic E-state index is 0.165. The fraction of sp³-hybridized carbons (Fsp3) is 1.00. The van der Waals surface area contributed by atoms with E-state index in [9.17, 15) is 13.5 Å². The Hall–Kier alpha value is -0.0900. The molecule has 0 aliphatic heterocycles.